The van der Waals surface area contributed by atoms with E-state index < -0.39 is 11.6 Å². The van der Waals surface area contributed by atoms with E-state index in [0.29, 0.717) is 0 Å². The second-order valence-electron chi connectivity index (χ2n) is 3.04. The molecule has 0 bridgehead atoms. The fraction of sp³-hybridized carbons (Fsp3) is 0.222. The molecule has 0 fully saturated rings. The van der Waals surface area contributed by atoms with Crippen LogP contribution in [-0.4, -0.2) is 16.2 Å². The van der Waals surface area contributed by atoms with E-state index in [1.807, 2.05) is 0 Å². The number of carboxylic acids is 1. The number of benzene rings is 1. The van der Waals surface area contributed by atoms with Crippen LogP contribution in [0.25, 0.3) is 0 Å². The third-order valence-electron chi connectivity index (χ3n) is 1.84. The van der Waals surface area contributed by atoms with Crippen molar-refractivity contribution < 1.29 is 15.0 Å². The maximum absolute atomic E-state index is 10.7. The van der Waals surface area contributed by atoms with Gasteiger partial charge in [0, 0.05) is 10.0 Å². The van der Waals surface area contributed by atoms with Gasteiger partial charge in [-0.25, -0.2) is 4.79 Å². The molecule has 0 saturated heterocycles. The number of carboxylic acid groups (broad SMARTS) is 1. The van der Waals surface area contributed by atoms with Gasteiger partial charge in [-0.05, 0) is 30.7 Å². The van der Waals surface area contributed by atoms with Crippen LogP contribution in [0.5, 0.6) is 0 Å². The van der Waals surface area contributed by atoms with Crippen LogP contribution in [0.4, 0.5) is 0 Å². The minimum atomic E-state index is -1.98. The quantitative estimate of drug-likeness (QED) is 0.826. The number of halogens is 2. The minimum absolute atomic E-state index is 0.155. The fourth-order valence-corrected chi connectivity index (χ4v) is 1.48. The van der Waals surface area contributed by atoms with Gasteiger partial charge in [0.25, 0.3) is 0 Å². The summed E-state index contributed by atoms with van der Waals surface area (Å²) in [6, 6.07) is 4.19. The number of rotatable bonds is 2. The first-order valence-electron chi connectivity index (χ1n) is 3.76. The van der Waals surface area contributed by atoms with Gasteiger partial charge in [0.1, 0.15) is 0 Å². The van der Waals surface area contributed by atoms with Crippen LogP contribution in [0.2, 0.25) is 10.0 Å². The van der Waals surface area contributed by atoms with Crippen molar-refractivity contribution in [2.24, 2.45) is 0 Å². The Morgan fingerprint density at radius 1 is 1.29 bits per heavy atom. The molecule has 14 heavy (non-hydrogen) atoms. The van der Waals surface area contributed by atoms with Gasteiger partial charge in [0.05, 0.1) is 0 Å². The maximum atomic E-state index is 10.7. The number of hydrogen-bond acceptors (Lipinski definition) is 2. The molecule has 76 valence electrons. The molecular weight excluding hydrogens is 227 g/mol. The summed E-state index contributed by atoms with van der Waals surface area (Å²) in [7, 11) is 0. The lowest BCUT2D eigenvalue weighted by Gasteiger charge is -2.18. The van der Waals surface area contributed by atoms with E-state index in [1.54, 1.807) is 0 Å². The molecule has 0 aliphatic heterocycles. The number of aliphatic carboxylic acids is 1. The van der Waals surface area contributed by atoms with Gasteiger partial charge in [0.15, 0.2) is 5.60 Å². The number of hydrogen-bond donors (Lipinski definition) is 2. The molecule has 0 amide bonds. The number of aliphatic hydroxyl groups is 1. The second-order valence-corrected chi connectivity index (χ2v) is 3.91. The largest absolute Gasteiger partial charge is 0.479 e. The average molecular weight is 235 g/mol. The summed E-state index contributed by atoms with van der Waals surface area (Å²) in [6.45, 7) is 1.16. The predicted molar refractivity (Wildman–Crippen MR) is 53.7 cm³/mol. The highest BCUT2D eigenvalue weighted by molar-refractivity contribution is 6.34. The van der Waals surface area contributed by atoms with E-state index in [1.165, 1.54) is 18.2 Å². The highest BCUT2D eigenvalue weighted by Gasteiger charge is 2.32. The van der Waals surface area contributed by atoms with Crippen molar-refractivity contribution in [2.75, 3.05) is 0 Å². The minimum Gasteiger partial charge on any atom is -0.479 e. The molecule has 1 aromatic rings. The third-order valence-corrected chi connectivity index (χ3v) is 2.28. The molecule has 1 atom stereocenters. The molecular formula is C9H8Cl2O3. The molecule has 3 nitrogen and oxygen atoms in total. The van der Waals surface area contributed by atoms with Crippen LogP contribution in [0.1, 0.15) is 12.5 Å². The molecule has 0 aromatic heterocycles. The Morgan fingerprint density at radius 2 is 1.71 bits per heavy atom. The molecule has 0 saturated carbocycles. The van der Waals surface area contributed by atoms with Gasteiger partial charge in [-0.1, -0.05) is 23.2 Å². The Morgan fingerprint density at radius 3 is 2.07 bits per heavy atom. The van der Waals surface area contributed by atoms with Crippen molar-refractivity contribution >= 4 is 29.2 Å². The van der Waals surface area contributed by atoms with Crippen molar-refractivity contribution in [2.45, 2.75) is 12.5 Å². The van der Waals surface area contributed by atoms with Gasteiger partial charge < -0.3 is 10.2 Å². The Balaban J connectivity index is 3.25. The molecule has 0 unspecified atom stereocenters. The van der Waals surface area contributed by atoms with Crippen molar-refractivity contribution in [3.63, 3.8) is 0 Å². The van der Waals surface area contributed by atoms with Gasteiger partial charge in [0.2, 0.25) is 0 Å². The van der Waals surface area contributed by atoms with Crippen LogP contribution in [0, 0.1) is 0 Å². The lowest BCUT2D eigenvalue weighted by atomic mass is 9.96. The Labute approximate surface area is 90.9 Å². The Bertz CT molecular complexity index is 354. The molecule has 0 heterocycles. The van der Waals surface area contributed by atoms with Crippen LogP contribution in [0.15, 0.2) is 18.2 Å². The molecule has 0 aliphatic rings. The fourth-order valence-electron chi connectivity index (χ4n) is 0.958. The van der Waals surface area contributed by atoms with Crippen LogP contribution in [0.3, 0.4) is 0 Å². The standard InChI is InChI=1S/C9H8Cl2O3/c1-9(14,8(12)13)5-2-6(10)4-7(11)3-5/h2-4,14H,1H3,(H,12,13)/t9-/m1/s1. The normalized spacial score (nSPS) is 14.9. The summed E-state index contributed by atoms with van der Waals surface area (Å²) in [6.07, 6.45) is 0. The first-order valence-corrected chi connectivity index (χ1v) is 4.52. The molecule has 5 heteroatoms. The van der Waals surface area contributed by atoms with Gasteiger partial charge in [-0.3, -0.25) is 0 Å². The van der Waals surface area contributed by atoms with E-state index in [9.17, 15) is 9.90 Å². The Hall–Kier alpha value is -0.770. The zero-order valence-electron chi connectivity index (χ0n) is 7.29. The molecule has 0 aliphatic carbocycles. The summed E-state index contributed by atoms with van der Waals surface area (Å²) in [4.78, 5) is 10.7. The summed E-state index contributed by atoms with van der Waals surface area (Å²) in [5, 5.41) is 18.9. The van der Waals surface area contributed by atoms with E-state index in [2.05, 4.69) is 0 Å². The first kappa shape index (κ1) is 11.3. The van der Waals surface area contributed by atoms with Gasteiger partial charge >= 0.3 is 5.97 Å². The molecule has 0 radical (unpaired) electrons. The van der Waals surface area contributed by atoms with E-state index in [4.69, 9.17) is 28.3 Å². The molecule has 1 aromatic carbocycles. The average Bonchev–Trinajstić information content (AvgIpc) is 2.01. The topological polar surface area (TPSA) is 57.5 Å². The summed E-state index contributed by atoms with van der Waals surface area (Å²) in [5.41, 5.74) is -1.82. The third kappa shape index (κ3) is 2.18. The zero-order chi connectivity index (χ0) is 10.9. The lowest BCUT2D eigenvalue weighted by molar-refractivity contribution is -0.157. The summed E-state index contributed by atoms with van der Waals surface area (Å²) >= 11 is 11.3. The summed E-state index contributed by atoms with van der Waals surface area (Å²) < 4.78 is 0. The predicted octanol–water partition coefficient (Wildman–Crippen LogP) is 2.29. The number of carbonyl (C=O) groups is 1. The summed E-state index contributed by atoms with van der Waals surface area (Å²) in [5.74, 6) is -1.35. The lowest BCUT2D eigenvalue weighted by Crippen LogP contribution is -2.31. The molecule has 2 N–H and O–H groups in total. The van der Waals surface area contributed by atoms with E-state index >= 15 is 0 Å². The SMILES string of the molecule is C[C@](O)(C(=O)O)c1cc(Cl)cc(Cl)c1. The second kappa shape index (κ2) is 3.77. The Kier molecular flexibility index (Phi) is 3.04. The van der Waals surface area contributed by atoms with Crippen molar-refractivity contribution in [1.82, 2.24) is 0 Å². The monoisotopic (exact) mass is 234 g/mol. The van der Waals surface area contributed by atoms with Crippen LogP contribution >= 0.6 is 23.2 Å². The molecule has 0 spiro atoms. The zero-order valence-corrected chi connectivity index (χ0v) is 8.80. The van der Waals surface area contributed by atoms with E-state index in [0.717, 1.165) is 6.92 Å². The van der Waals surface area contributed by atoms with Crippen LogP contribution < -0.4 is 0 Å². The maximum Gasteiger partial charge on any atom is 0.340 e. The van der Waals surface area contributed by atoms with Crippen LogP contribution in [-0.2, 0) is 10.4 Å². The van der Waals surface area contributed by atoms with E-state index in [-0.39, 0.29) is 15.6 Å². The van der Waals surface area contributed by atoms with Crippen molar-refractivity contribution in [3.8, 4) is 0 Å². The molecule has 1 rings (SSSR count). The van der Waals surface area contributed by atoms with Crippen molar-refractivity contribution in [1.29, 1.82) is 0 Å². The highest BCUT2D eigenvalue weighted by Crippen LogP contribution is 2.27. The van der Waals surface area contributed by atoms with Gasteiger partial charge in [-0.2, -0.15) is 0 Å². The highest BCUT2D eigenvalue weighted by atomic mass is 35.5. The first-order chi connectivity index (χ1) is 6.34. The van der Waals surface area contributed by atoms with Gasteiger partial charge in [-0.15, -0.1) is 0 Å². The van der Waals surface area contributed by atoms with Crippen molar-refractivity contribution in [3.05, 3.63) is 33.8 Å². The smallest absolute Gasteiger partial charge is 0.340 e.